The number of hydrogen-bond donors (Lipinski definition) is 3. The van der Waals surface area contributed by atoms with Crippen molar-refractivity contribution in [1.82, 2.24) is 9.97 Å². The smallest absolute Gasteiger partial charge is 0.271 e. The van der Waals surface area contributed by atoms with Gasteiger partial charge in [-0.2, -0.15) is 0 Å². The van der Waals surface area contributed by atoms with Crippen LogP contribution in [0.1, 0.15) is 16.1 Å². The van der Waals surface area contributed by atoms with E-state index in [2.05, 4.69) is 36.5 Å². The van der Waals surface area contributed by atoms with E-state index in [1.54, 1.807) is 29.6 Å². The molecule has 0 saturated carbocycles. The molecule has 26 heavy (non-hydrogen) atoms. The van der Waals surface area contributed by atoms with Crippen LogP contribution in [-0.4, -0.2) is 21.8 Å². The number of nitrogens with zero attached hydrogens (tertiary/aromatic N) is 1. The van der Waals surface area contributed by atoms with Crippen molar-refractivity contribution in [3.63, 3.8) is 0 Å². The number of hydrogen-bond acceptors (Lipinski definition) is 5. The van der Waals surface area contributed by atoms with E-state index in [4.69, 9.17) is 0 Å². The third kappa shape index (κ3) is 4.64. The van der Waals surface area contributed by atoms with Crippen LogP contribution >= 0.6 is 27.3 Å². The van der Waals surface area contributed by atoms with Crippen LogP contribution in [-0.2, 0) is 11.2 Å². The van der Waals surface area contributed by atoms with Crippen LogP contribution < -0.4 is 16.2 Å². The van der Waals surface area contributed by atoms with Crippen LogP contribution in [0, 0.1) is 0 Å². The first-order valence-corrected chi connectivity index (χ1v) is 9.17. The predicted molar refractivity (Wildman–Crippen MR) is 104 cm³/mol. The van der Waals surface area contributed by atoms with Crippen molar-refractivity contribution in [1.29, 1.82) is 0 Å². The summed E-state index contributed by atoms with van der Waals surface area (Å²) in [6.45, 7) is 0. The van der Waals surface area contributed by atoms with E-state index < -0.39 is 5.56 Å². The Morgan fingerprint density at radius 3 is 2.73 bits per heavy atom. The number of amides is 2. The molecular weight excluding hydrogens is 420 g/mol. The van der Waals surface area contributed by atoms with Crippen LogP contribution in [0.3, 0.4) is 0 Å². The number of nitrogens with one attached hydrogen (secondary N) is 3. The van der Waals surface area contributed by atoms with E-state index >= 15 is 0 Å². The Morgan fingerprint density at radius 2 is 1.96 bits per heavy atom. The maximum absolute atomic E-state index is 12.1. The number of rotatable bonds is 5. The SMILES string of the molecule is O=C(Cc1csc(NC(=O)c2ccccc2)n1)Nc1cc(Br)c[nH]c1=O. The quantitative estimate of drug-likeness (QED) is 0.576. The Bertz CT molecular complexity index is 1000. The second-order valence-corrected chi connectivity index (χ2v) is 7.02. The number of H-pyrrole nitrogens is 1. The van der Waals surface area contributed by atoms with Crippen molar-refractivity contribution in [2.75, 3.05) is 10.6 Å². The summed E-state index contributed by atoms with van der Waals surface area (Å²) in [5, 5.41) is 7.32. The fourth-order valence-electron chi connectivity index (χ4n) is 2.11. The number of carbonyl (C=O) groups excluding carboxylic acids is 2. The van der Waals surface area contributed by atoms with Gasteiger partial charge in [0.05, 0.1) is 12.1 Å². The zero-order valence-corrected chi connectivity index (χ0v) is 15.7. The Hall–Kier alpha value is -2.78. The normalized spacial score (nSPS) is 10.3. The first kappa shape index (κ1) is 18.0. The van der Waals surface area contributed by atoms with Gasteiger partial charge in [0.1, 0.15) is 5.69 Å². The molecule has 3 rings (SSSR count). The lowest BCUT2D eigenvalue weighted by Crippen LogP contribution is -2.21. The molecule has 132 valence electrons. The second kappa shape index (κ2) is 8.07. The standard InChI is InChI=1S/C17H13BrN4O3S/c18-11-6-13(16(25)19-8-11)21-14(23)7-12-9-26-17(20-12)22-15(24)10-4-2-1-3-5-10/h1-6,8-9H,7H2,(H,19,25)(H,21,23)(H,20,22,24). The Labute approximate surface area is 160 Å². The van der Waals surface area contributed by atoms with Gasteiger partial charge in [-0.15, -0.1) is 11.3 Å². The summed E-state index contributed by atoms with van der Waals surface area (Å²) in [6.07, 6.45) is 1.48. The lowest BCUT2D eigenvalue weighted by atomic mass is 10.2. The van der Waals surface area contributed by atoms with E-state index in [0.717, 1.165) is 0 Å². The summed E-state index contributed by atoms with van der Waals surface area (Å²) in [4.78, 5) is 42.6. The highest BCUT2D eigenvalue weighted by Crippen LogP contribution is 2.17. The molecule has 0 unspecified atom stereocenters. The van der Waals surface area contributed by atoms with Crippen LogP contribution in [0.5, 0.6) is 0 Å². The molecule has 3 N–H and O–H groups in total. The second-order valence-electron chi connectivity index (χ2n) is 5.25. The minimum absolute atomic E-state index is 0.0103. The Balaban J connectivity index is 1.61. The molecule has 0 saturated heterocycles. The van der Waals surface area contributed by atoms with Crippen molar-refractivity contribution in [3.8, 4) is 0 Å². The number of aromatic nitrogens is 2. The highest BCUT2D eigenvalue weighted by atomic mass is 79.9. The molecule has 3 aromatic rings. The van der Waals surface area contributed by atoms with Crippen LogP contribution in [0.4, 0.5) is 10.8 Å². The van der Waals surface area contributed by atoms with Crippen molar-refractivity contribution in [2.45, 2.75) is 6.42 Å². The molecule has 0 atom stereocenters. The predicted octanol–water partition coefficient (Wildman–Crippen LogP) is 3.03. The molecule has 2 amide bonds. The van der Waals surface area contributed by atoms with E-state index in [1.807, 2.05) is 6.07 Å². The maximum Gasteiger partial charge on any atom is 0.271 e. The van der Waals surface area contributed by atoms with Gasteiger partial charge in [0, 0.05) is 21.6 Å². The van der Waals surface area contributed by atoms with Gasteiger partial charge in [-0.3, -0.25) is 19.7 Å². The summed E-state index contributed by atoms with van der Waals surface area (Å²) < 4.78 is 0.645. The van der Waals surface area contributed by atoms with Crippen molar-refractivity contribution in [2.24, 2.45) is 0 Å². The van der Waals surface area contributed by atoms with Gasteiger partial charge in [-0.05, 0) is 34.1 Å². The lowest BCUT2D eigenvalue weighted by molar-refractivity contribution is -0.115. The number of halogens is 1. The average Bonchev–Trinajstić information content (AvgIpc) is 3.05. The zero-order valence-electron chi connectivity index (χ0n) is 13.3. The highest BCUT2D eigenvalue weighted by Gasteiger charge is 2.12. The maximum atomic E-state index is 12.1. The number of anilines is 2. The van der Waals surface area contributed by atoms with Crippen LogP contribution in [0.2, 0.25) is 0 Å². The van der Waals surface area contributed by atoms with Gasteiger partial charge >= 0.3 is 0 Å². The fourth-order valence-corrected chi connectivity index (χ4v) is 3.16. The largest absolute Gasteiger partial charge is 0.326 e. The van der Waals surface area contributed by atoms with Gasteiger partial charge in [-0.1, -0.05) is 18.2 Å². The van der Waals surface area contributed by atoms with Crippen molar-refractivity contribution >= 4 is 49.9 Å². The van der Waals surface area contributed by atoms with Gasteiger partial charge in [-0.25, -0.2) is 4.98 Å². The molecular formula is C17H13BrN4O3S. The number of aromatic amines is 1. The molecule has 7 nitrogen and oxygen atoms in total. The number of carbonyl (C=O) groups is 2. The first-order chi connectivity index (χ1) is 12.5. The summed E-state index contributed by atoms with van der Waals surface area (Å²) in [5.74, 6) is -0.642. The number of thiazole rings is 1. The lowest BCUT2D eigenvalue weighted by Gasteiger charge is -2.03. The van der Waals surface area contributed by atoms with Crippen LogP contribution in [0.25, 0.3) is 0 Å². The average molecular weight is 433 g/mol. The minimum atomic E-state index is -0.393. The Kier molecular flexibility index (Phi) is 5.59. The summed E-state index contributed by atoms with van der Waals surface area (Å²) in [5.41, 5.74) is 0.783. The zero-order chi connectivity index (χ0) is 18.5. The van der Waals surface area contributed by atoms with Crippen LogP contribution in [0.15, 0.2) is 57.2 Å². The highest BCUT2D eigenvalue weighted by molar-refractivity contribution is 9.10. The molecule has 0 spiro atoms. The van der Waals surface area contributed by atoms with E-state index in [-0.39, 0.29) is 23.9 Å². The molecule has 0 aliphatic heterocycles. The molecule has 1 aromatic carbocycles. The third-order valence-electron chi connectivity index (χ3n) is 3.29. The molecule has 2 heterocycles. The summed E-state index contributed by atoms with van der Waals surface area (Å²) >= 11 is 4.45. The molecule has 0 fully saturated rings. The molecule has 2 aromatic heterocycles. The Morgan fingerprint density at radius 1 is 1.19 bits per heavy atom. The van der Waals surface area contributed by atoms with Gasteiger partial charge in [0.2, 0.25) is 5.91 Å². The molecule has 0 bridgehead atoms. The van der Waals surface area contributed by atoms with Gasteiger partial charge < -0.3 is 10.3 Å². The molecule has 0 aliphatic carbocycles. The van der Waals surface area contributed by atoms with E-state index in [1.165, 1.54) is 23.6 Å². The van der Waals surface area contributed by atoms with Crippen molar-refractivity contribution < 1.29 is 9.59 Å². The number of pyridine rings is 1. The molecule has 0 aliphatic rings. The third-order valence-corrected chi connectivity index (χ3v) is 4.56. The van der Waals surface area contributed by atoms with Gasteiger partial charge in [0.25, 0.3) is 11.5 Å². The van der Waals surface area contributed by atoms with E-state index in [9.17, 15) is 14.4 Å². The van der Waals surface area contributed by atoms with E-state index in [0.29, 0.717) is 20.9 Å². The monoisotopic (exact) mass is 432 g/mol. The number of benzene rings is 1. The molecule has 9 heteroatoms. The molecule has 0 radical (unpaired) electrons. The summed E-state index contributed by atoms with van der Waals surface area (Å²) in [7, 11) is 0. The van der Waals surface area contributed by atoms with Gasteiger partial charge in [0.15, 0.2) is 5.13 Å². The van der Waals surface area contributed by atoms with Crippen molar-refractivity contribution in [3.05, 3.63) is 74.1 Å². The fraction of sp³-hybridized carbons (Fsp3) is 0.0588. The topological polar surface area (TPSA) is 104 Å². The first-order valence-electron chi connectivity index (χ1n) is 7.50. The minimum Gasteiger partial charge on any atom is -0.326 e. The summed E-state index contributed by atoms with van der Waals surface area (Å²) in [6, 6.07) is 10.3.